The molecule has 1 aliphatic rings. The maximum atomic E-state index is 6.09. The quantitative estimate of drug-likeness (QED) is 0.432. The lowest BCUT2D eigenvalue weighted by Gasteiger charge is -2.17. The summed E-state index contributed by atoms with van der Waals surface area (Å²) in [5.74, 6) is 0.884. The largest absolute Gasteiger partial charge is 0.324 e. The monoisotopic (exact) mass is 436 g/mol. The summed E-state index contributed by atoms with van der Waals surface area (Å²) in [6.45, 7) is 1.53. The normalized spacial score (nSPS) is 16.6. The maximum Gasteiger partial charge on any atom is 0.134 e. The first kappa shape index (κ1) is 20.6. The first-order chi connectivity index (χ1) is 14.6. The number of hydrazone groups is 1. The Hall–Kier alpha value is -2.66. The number of aliphatic imine (C=N–C) groups is 1. The molecule has 4 nitrogen and oxygen atoms in total. The van der Waals surface area contributed by atoms with Crippen molar-refractivity contribution in [3.8, 4) is 0 Å². The van der Waals surface area contributed by atoms with E-state index in [1.165, 1.54) is 5.56 Å². The Kier molecular flexibility index (Phi) is 6.48. The molecule has 4 rings (SSSR count). The molecule has 1 aliphatic heterocycles. The summed E-state index contributed by atoms with van der Waals surface area (Å²) in [5.41, 5.74) is 10.4. The molecule has 0 saturated carbocycles. The van der Waals surface area contributed by atoms with Crippen LogP contribution >= 0.6 is 23.2 Å². The summed E-state index contributed by atoms with van der Waals surface area (Å²) in [7, 11) is 0. The Morgan fingerprint density at radius 2 is 1.57 bits per heavy atom. The molecule has 1 atom stereocenters. The zero-order chi connectivity index (χ0) is 20.9. The van der Waals surface area contributed by atoms with Crippen LogP contribution in [0.3, 0.4) is 0 Å². The van der Waals surface area contributed by atoms with E-state index in [1.807, 2.05) is 59.6 Å². The first-order valence-corrected chi connectivity index (χ1v) is 10.5. The van der Waals surface area contributed by atoms with Gasteiger partial charge in [0, 0.05) is 16.0 Å². The molecule has 3 aromatic carbocycles. The number of nitrogens with zero attached hydrogens (tertiary/aromatic N) is 3. The lowest BCUT2D eigenvalue weighted by molar-refractivity contribution is 0.466. The van der Waals surface area contributed by atoms with Gasteiger partial charge < -0.3 is 5.73 Å². The van der Waals surface area contributed by atoms with Crippen LogP contribution in [0.25, 0.3) is 0 Å². The van der Waals surface area contributed by atoms with Crippen molar-refractivity contribution in [2.45, 2.75) is 12.5 Å². The van der Waals surface area contributed by atoms with Gasteiger partial charge in [0.2, 0.25) is 0 Å². The summed E-state index contributed by atoms with van der Waals surface area (Å²) in [6, 6.07) is 25.9. The van der Waals surface area contributed by atoms with Gasteiger partial charge in [-0.1, -0.05) is 77.8 Å². The average Bonchev–Trinajstić information content (AvgIpc) is 3.22. The van der Waals surface area contributed by atoms with E-state index in [1.54, 1.807) is 0 Å². The second-order valence-corrected chi connectivity index (χ2v) is 7.97. The van der Waals surface area contributed by atoms with E-state index in [0.717, 1.165) is 22.7 Å². The minimum atomic E-state index is 0.125. The molecule has 1 heterocycles. The van der Waals surface area contributed by atoms with Crippen LogP contribution in [0.4, 0.5) is 0 Å². The second-order valence-electron chi connectivity index (χ2n) is 7.10. The van der Waals surface area contributed by atoms with Crippen molar-refractivity contribution in [1.82, 2.24) is 5.01 Å². The van der Waals surface area contributed by atoms with Gasteiger partial charge in [0.1, 0.15) is 5.84 Å². The van der Waals surface area contributed by atoms with Crippen LogP contribution in [0.2, 0.25) is 10.0 Å². The molecule has 30 heavy (non-hydrogen) atoms. The Morgan fingerprint density at radius 3 is 2.20 bits per heavy atom. The Balaban J connectivity index is 1.64. The topological polar surface area (TPSA) is 54.0 Å². The number of hydrogen-bond acceptors (Lipinski definition) is 3. The van der Waals surface area contributed by atoms with E-state index >= 15 is 0 Å². The molecule has 6 heteroatoms. The molecular formula is C24H22Cl2N4. The molecule has 0 aliphatic carbocycles. The highest BCUT2D eigenvalue weighted by Crippen LogP contribution is 2.29. The number of nitrogens with two attached hydrogens (primary N) is 1. The van der Waals surface area contributed by atoms with Crippen molar-refractivity contribution in [2.24, 2.45) is 15.8 Å². The van der Waals surface area contributed by atoms with Gasteiger partial charge in [-0.3, -0.25) is 4.99 Å². The first-order valence-electron chi connectivity index (χ1n) is 9.79. The van der Waals surface area contributed by atoms with Crippen LogP contribution in [0, 0.1) is 0 Å². The van der Waals surface area contributed by atoms with E-state index in [4.69, 9.17) is 39.0 Å². The van der Waals surface area contributed by atoms with Gasteiger partial charge >= 0.3 is 0 Å². The summed E-state index contributed by atoms with van der Waals surface area (Å²) >= 11 is 12.1. The molecule has 3 aromatic rings. The average molecular weight is 437 g/mol. The van der Waals surface area contributed by atoms with Crippen LogP contribution in [0.15, 0.2) is 89.0 Å². The van der Waals surface area contributed by atoms with Crippen LogP contribution in [-0.2, 0) is 6.54 Å². The minimum absolute atomic E-state index is 0.125. The van der Waals surface area contributed by atoms with E-state index in [-0.39, 0.29) is 5.92 Å². The van der Waals surface area contributed by atoms with Crippen molar-refractivity contribution in [3.63, 3.8) is 0 Å². The van der Waals surface area contributed by atoms with E-state index < -0.39 is 0 Å². The second kappa shape index (κ2) is 9.43. The van der Waals surface area contributed by atoms with Crippen LogP contribution in [0.5, 0.6) is 0 Å². The molecule has 0 saturated heterocycles. The smallest absolute Gasteiger partial charge is 0.134 e. The van der Waals surface area contributed by atoms with Crippen molar-refractivity contribution in [1.29, 1.82) is 0 Å². The number of rotatable bonds is 5. The van der Waals surface area contributed by atoms with Gasteiger partial charge in [-0.2, -0.15) is 5.10 Å². The van der Waals surface area contributed by atoms with Crippen molar-refractivity contribution in [3.05, 3.63) is 106 Å². The Bertz CT molecular complexity index is 1040. The molecule has 0 amide bonds. The van der Waals surface area contributed by atoms with Crippen LogP contribution in [0.1, 0.15) is 22.6 Å². The predicted molar refractivity (Wildman–Crippen MR) is 126 cm³/mol. The highest BCUT2D eigenvalue weighted by Gasteiger charge is 2.30. The van der Waals surface area contributed by atoms with Crippen LogP contribution in [-0.4, -0.2) is 29.6 Å². The van der Waals surface area contributed by atoms with Crippen molar-refractivity contribution >= 4 is 34.7 Å². The third kappa shape index (κ3) is 4.73. The van der Waals surface area contributed by atoms with Gasteiger partial charge in [-0.25, -0.2) is 5.01 Å². The number of amidine groups is 1. The van der Waals surface area contributed by atoms with Crippen molar-refractivity contribution in [2.75, 3.05) is 13.1 Å². The van der Waals surface area contributed by atoms with E-state index in [2.05, 4.69) is 24.3 Å². The molecule has 0 radical (unpaired) electrons. The summed E-state index contributed by atoms with van der Waals surface area (Å²) < 4.78 is 0. The SMILES string of the molecule is NCC(=NCc1ccc(Cl)cc1)N1CC(c2ccccc2)C(c2ccc(Cl)cc2)=N1. The van der Waals surface area contributed by atoms with Gasteiger partial charge in [-0.05, 0) is 41.0 Å². The highest BCUT2D eigenvalue weighted by molar-refractivity contribution is 6.31. The predicted octanol–water partition coefficient (Wildman–Crippen LogP) is 5.35. The Morgan fingerprint density at radius 1 is 0.933 bits per heavy atom. The summed E-state index contributed by atoms with van der Waals surface area (Å²) in [6.07, 6.45) is 0. The van der Waals surface area contributed by atoms with Gasteiger partial charge in [0.25, 0.3) is 0 Å². The molecule has 0 spiro atoms. The maximum absolute atomic E-state index is 6.09. The lowest BCUT2D eigenvalue weighted by Crippen LogP contribution is -2.32. The number of hydrogen-bond donors (Lipinski definition) is 1. The summed E-state index contributed by atoms with van der Waals surface area (Å²) in [4.78, 5) is 4.74. The molecular weight excluding hydrogens is 415 g/mol. The van der Waals surface area contributed by atoms with E-state index in [9.17, 15) is 0 Å². The standard InChI is InChI=1S/C24H22Cl2N4/c25-20-10-6-17(7-11-20)15-28-23(14-27)30-16-22(18-4-2-1-3-5-18)24(29-30)19-8-12-21(26)13-9-19/h1-13,22H,14-16,27H2. The molecule has 0 bridgehead atoms. The summed E-state index contributed by atoms with van der Waals surface area (Å²) in [5, 5.41) is 8.26. The van der Waals surface area contributed by atoms with Gasteiger partial charge in [0.15, 0.2) is 0 Å². The van der Waals surface area contributed by atoms with Crippen molar-refractivity contribution < 1.29 is 0 Å². The fraction of sp³-hybridized carbons (Fsp3) is 0.167. The lowest BCUT2D eigenvalue weighted by atomic mass is 9.91. The fourth-order valence-corrected chi connectivity index (χ4v) is 3.77. The molecule has 152 valence electrons. The van der Waals surface area contributed by atoms with Gasteiger partial charge in [-0.15, -0.1) is 0 Å². The Labute approximate surface area is 186 Å². The highest BCUT2D eigenvalue weighted by atomic mass is 35.5. The third-order valence-corrected chi connectivity index (χ3v) is 5.60. The zero-order valence-corrected chi connectivity index (χ0v) is 17.9. The fourth-order valence-electron chi connectivity index (χ4n) is 3.52. The molecule has 0 fully saturated rings. The molecule has 0 aromatic heterocycles. The number of halogens is 2. The van der Waals surface area contributed by atoms with Gasteiger partial charge in [0.05, 0.1) is 25.3 Å². The zero-order valence-electron chi connectivity index (χ0n) is 16.4. The van der Waals surface area contributed by atoms with E-state index in [0.29, 0.717) is 29.7 Å². The molecule has 1 unspecified atom stereocenters. The van der Waals surface area contributed by atoms with Crippen LogP contribution < -0.4 is 5.73 Å². The molecule has 2 N–H and O–H groups in total. The third-order valence-electron chi connectivity index (χ3n) is 5.09. The number of benzene rings is 3. The minimum Gasteiger partial charge on any atom is -0.324 e.